The van der Waals surface area contributed by atoms with E-state index in [1.54, 1.807) is 24.1 Å². The van der Waals surface area contributed by atoms with Gasteiger partial charge in [0, 0.05) is 49.8 Å². The first kappa shape index (κ1) is 45.4. The van der Waals surface area contributed by atoms with Crippen LogP contribution in [0.1, 0.15) is 131 Å². The zero-order valence-corrected chi connectivity index (χ0v) is 35.1. The molecule has 0 radical (unpaired) electrons. The third kappa shape index (κ3) is 15.9. The number of Topliss-reactive ketones (excluding diaryl/α,β-unsaturated/α-hetero) is 2. The minimum atomic E-state index is -0.330. The van der Waals surface area contributed by atoms with Gasteiger partial charge in [-0.2, -0.15) is 0 Å². The number of benzene rings is 2. The topological polar surface area (TPSA) is 161 Å². The lowest BCUT2D eigenvalue weighted by molar-refractivity contribution is -0.122. The van der Waals surface area contributed by atoms with Crippen molar-refractivity contribution in [2.75, 3.05) is 20.6 Å². The summed E-state index contributed by atoms with van der Waals surface area (Å²) in [6.45, 7) is 4.48. The molecule has 12 nitrogen and oxygen atoms in total. The summed E-state index contributed by atoms with van der Waals surface area (Å²) < 4.78 is 12.0. The first-order valence-electron chi connectivity index (χ1n) is 20.4. The van der Waals surface area contributed by atoms with Gasteiger partial charge in [-0.05, 0) is 39.8 Å². The van der Waals surface area contributed by atoms with Gasteiger partial charge in [0.05, 0.1) is 24.1 Å². The molecule has 310 valence electrons. The largest absolute Gasteiger partial charge is 0.438 e. The van der Waals surface area contributed by atoms with Crippen LogP contribution in [-0.2, 0) is 14.4 Å². The van der Waals surface area contributed by atoms with Crippen molar-refractivity contribution in [3.8, 4) is 22.6 Å². The van der Waals surface area contributed by atoms with Gasteiger partial charge in [0.1, 0.15) is 28.5 Å². The van der Waals surface area contributed by atoms with Crippen LogP contribution in [0.4, 0.5) is 0 Å². The molecule has 0 aliphatic carbocycles. The van der Waals surface area contributed by atoms with Crippen LogP contribution in [0.25, 0.3) is 22.6 Å². The molecule has 0 bridgehead atoms. The molecule has 0 fully saturated rings. The predicted octanol–water partition coefficient (Wildman–Crippen LogP) is 9.58. The second kappa shape index (κ2) is 25.2. The maximum Gasteiger partial charge on any atom is 0.263 e. The fourth-order valence-corrected chi connectivity index (χ4v) is 6.60. The molecule has 2 atom stereocenters. The molecule has 2 aromatic carbocycles. The van der Waals surface area contributed by atoms with Crippen molar-refractivity contribution in [2.24, 2.45) is 0 Å². The van der Waals surface area contributed by atoms with E-state index in [0.717, 1.165) is 56.1 Å². The molecule has 58 heavy (non-hydrogen) atoms. The Morgan fingerprint density at radius 2 is 1.16 bits per heavy atom. The molecular formula is C45H58N6O6S. The summed E-state index contributed by atoms with van der Waals surface area (Å²) in [6.07, 6.45) is 14.6. The van der Waals surface area contributed by atoms with Crippen molar-refractivity contribution in [3.05, 3.63) is 101 Å². The van der Waals surface area contributed by atoms with Gasteiger partial charge in [-0.25, -0.2) is 9.97 Å². The van der Waals surface area contributed by atoms with Crippen molar-refractivity contribution in [3.63, 3.8) is 0 Å². The first-order valence-corrected chi connectivity index (χ1v) is 21.2. The number of nitrogens with one attached hydrogen (secondary N) is 2. The van der Waals surface area contributed by atoms with Crippen LogP contribution in [0.5, 0.6) is 0 Å². The van der Waals surface area contributed by atoms with Crippen LogP contribution in [0.3, 0.4) is 0 Å². The van der Waals surface area contributed by atoms with E-state index in [0.29, 0.717) is 84.8 Å². The zero-order valence-electron chi connectivity index (χ0n) is 34.3. The van der Waals surface area contributed by atoms with Gasteiger partial charge in [0.2, 0.25) is 17.7 Å². The Labute approximate surface area is 346 Å². The molecule has 5 rings (SSSR count). The summed E-state index contributed by atoms with van der Waals surface area (Å²) in [4.78, 5) is 63.2. The summed E-state index contributed by atoms with van der Waals surface area (Å²) in [5.41, 5.74) is 3.53. The molecule has 3 aromatic heterocycles. The third-order valence-electron chi connectivity index (χ3n) is 9.53. The number of hydrogen-bond acceptors (Lipinski definition) is 11. The van der Waals surface area contributed by atoms with E-state index >= 15 is 0 Å². The Bertz CT molecular complexity index is 1940. The predicted molar refractivity (Wildman–Crippen MR) is 227 cm³/mol. The molecule has 0 saturated heterocycles. The second-order valence-corrected chi connectivity index (χ2v) is 15.3. The van der Waals surface area contributed by atoms with Crippen molar-refractivity contribution >= 4 is 34.7 Å². The Balaban J connectivity index is 0.000000257. The lowest BCUT2D eigenvalue weighted by Gasteiger charge is -2.17. The standard InChI is InChI=1S/C23H33N3O3.C22H25N3O3S/c1-4-19(27)13-9-6-10-14-20(25-22(28)15-16-26(2)3)23-24-17-21(29-23)18-11-7-5-8-12-18;1-2-17(26)11-7-4-8-12-18(25-21(27)20-14-23-15-29-20)22-24-13-19(28-22)16-9-5-3-6-10-16/h5,7-8,11-12,17,20H,4,6,9-10,13-16H2,1-3H3,(H,25,28);3,5-6,9-10,13-15,18H,2,4,7-8,11-12H2,1H3,(H,25,27)/t20-;18-/m00/s1. The summed E-state index contributed by atoms with van der Waals surface area (Å²) in [5.74, 6) is 2.80. The zero-order chi connectivity index (χ0) is 41.5. The lowest BCUT2D eigenvalue weighted by Crippen LogP contribution is -2.31. The number of ketones is 2. The van der Waals surface area contributed by atoms with E-state index in [9.17, 15) is 19.2 Å². The number of carbonyl (C=O) groups is 4. The lowest BCUT2D eigenvalue weighted by atomic mass is 10.0. The van der Waals surface area contributed by atoms with E-state index in [1.165, 1.54) is 11.3 Å². The average molecular weight is 811 g/mol. The van der Waals surface area contributed by atoms with Gasteiger partial charge >= 0.3 is 0 Å². The van der Waals surface area contributed by atoms with Gasteiger partial charge in [0.25, 0.3) is 5.91 Å². The SMILES string of the molecule is CCC(=O)CCCCC[C@H](NC(=O)CCN(C)C)c1ncc(-c2ccccc2)o1.CCC(=O)CCCCC[C@H](NC(=O)c1cncs1)c1ncc(-c2ccccc2)o1. The monoisotopic (exact) mass is 810 g/mol. The molecule has 3 heterocycles. The molecular weight excluding hydrogens is 753 g/mol. The van der Waals surface area contributed by atoms with Gasteiger partial charge < -0.3 is 24.4 Å². The molecule has 0 aliphatic rings. The van der Waals surface area contributed by atoms with E-state index in [-0.39, 0.29) is 23.9 Å². The first-order chi connectivity index (χ1) is 28.2. The van der Waals surface area contributed by atoms with Crippen LogP contribution < -0.4 is 10.6 Å². The van der Waals surface area contributed by atoms with Crippen LogP contribution in [0.15, 0.2) is 93.6 Å². The van der Waals surface area contributed by atoms with Crippen molar-refractivity contribution in [2.45, 2.75) is 109 Å². The van der Waals surface area contributed by atoms with Crippen molar-refractivity contribution < 1.29 is 28.0 Å². The van der Waals surface area contributed by atoms with Gasteiger partial charge in [-0.3, -0.25) is 24.2 Å². The molecule has 5 aromatic rings. The van der Waals surface area contributed by atoms with Gasteiger partial charge in [0.15, 0.2) is 11.5 Å². The maximum atomic E-state index is 12.5. The highest BCUT2D eigenvalue weighted by molar-refractivity contribution is 7.11. The number of amides is 2. The van der Waals surface area contributed by atoms with E-state index in [1.807, 2.05) is 93.5 Å². The minimum absolute atomic E-state index is 0.00989. The quantitative estimate of drug-likeness (QED) is 0.0575. The van der Waals surface area contributed by atoms with E-state index in [2.05, 4.69) is 25.6 Å². The van der Waals surface area contributed by atoms with E-state index in [4.69, 9.17) is 8.83 Å². The number of nitrogens with zero attached hydrogens (tertiary/aromatic N) is 4. The van der Waals surface area contributed by atoms with Gasteiger partial charge in [-0.1, -0.05) is 100 Å². The van der Waals surface area contributed by atoms with Crippen molar-refractivity contribution in [1.29, 1.82) is 0 Å². The fourth-order valence-electron chi connectivity index (χ4n) is 6.08. The number of thiazole rings is 1. The third-order valence-corrected chi connectivity index (χ3v) is 10.3. The van der Waals surface area contributed by atoms with E-state index < -0.39 is 0 Å². The Hall–Kier alpha value is -5.27. The maximum absolute atomic E-state index is 12.5. The smallest absolute Gasteiger partial charge is 0.263 e. The summed E-state index contributed by atoms with van der Waals surface area (Å²) in [7, 11) is 3.89. The van der Waals surface area contributed by atoms with Crippen LogP contribution in [-0.4, -0.2) is 63.9 Å². The molecule has 0 spiro atoms. The van der Waals surface area contributed by atoms with Gasteiger partial charge in [-0.15, -0.1) is 11.3 Å². The highest BCUT2D eigenvalue weighted by Gasteiger charge is 2.23. The minimum Gasteiger partial charge on any atom is -0.438 e. The normalized spacial score (nSPS) is 12.0. The molecule has 13 heteroatoms. The molecule has 0 saturated carbocycles. The number of oxazole rings is 2. The molecule has 0 unspecified atom stereocenters. The van der Waals surface area contributed by atoms with Crippen LogP contribution >= 0.6 is 11.3 Å². The fraction of sp³-hybridized carbons (Fsp3) is 0.444. The Morgan fingerprint density at radius 3 is 1.60 bits per heavy atom. The van der Waals surface area contributed by atoms with Crippen molar-refractivity contribution in [1.82, 2.24) is 30.5 Å². The van der Waals surface area contributed by atoms with Crippen LogP contribution in [0, 0.1) is 0 Å². The summed E-state index contributed by atoms with van der Waals surface area (Å²) >= 11 is 1.30. The summed E-state index contributed by atoms with van der Waals surface area (Å²) in [5, 5.41) is 6.10. The molecule has 2 amide bonds. The van der Waals surface area contributed by atoms with Crippen LogP contribution in [0.2, 0.25) is 0 Å². The number of carbonyl (C=O) groups excluding carboxylic acids is 4. The Kier molecular flexibility index (Phi) is 19.7. The highest BCUT2D eigenvalue weighted by Crippen LogP contribution is 2.28. The summed E-state index contributed by atoms with van der Waals surface area (Å²) in [6, 6.07) is 19.0. The number of aromatic nitrogens is 3. The molecule has 2 N–H and O–H groups in total. The second-order valence-electron chi connectivity index (χ2n) is 14.4. The highest BCUT2D eigenvalue weighted by atomic mass is 32.1. The number of hydrogen-bond donors (Lipinski definition) is 2. The average Bonchev–Trinajstić information content (AvgIpc) is 4.06. The Morgan fingerprint density at radius 1 is 0.655 bits per heavy atom. The number of unbranched alkanes of at least 4 members (excludes halogenated alkanes) is 4. The molecule has 0 aliphatic heterocycles. The number of rotatable bonds is 24.